The Morgan fingerprint density at radius 2 is 1.85 bits per heavy atom. The van der Waals surface area contributed by atoms with Crippen LogP contribution in [-0.4, -0.2) is 35.0 Å². The van der Waals surface area contributed by atoms with Crippen molar-refractivity contribution in [1.82, 2.24) is 5.01 Å². The molecule has 1 amide bonds. The summed E-state index contributed by atoms with van der Waals surface area (Å²) < 4.78 is 11.0. The predicted octanol–water partition coefficient (Wildman–Crippen LogP) is 4.55. The smallest absolute Gasteiger partial charge is 0.309 e. The summed E-state index contributed by atoms with van der Waals surface area (Å²) >= 11 is 5.99. The molecule has 2 fully saturated rings. The standard InChI is InChI=1S/C25H25ClN2O5/c26-19-8-6-15(7-9-19)20-13-21(22-5-2-10-32-22)28(27-20)23(29)14-33-25(31)18-11-16-3-1-4-17(12-18)24(16)30/h2,5-10,16-18,21H,1,3-4,11-14H2/t16-,17+,18?,21-/m1/s1. The number of hydrogen-bond acceptors (Lipinski definition) is 6. The van der Waals surface area contributed by atoms with Crippen LogP contribution in [0.5, 0.6) is 0 Å². The molecule has 0 saturated heterocycles. The van der Waals surface area contributed by atoms with Crippen LogP contribution in [0.4, 0.5) is 0 Å². The van der Waals surface area contributed by atoms with E-state index in [2.05, 4.69) is 5.10 Å². The second-order valence-electron chi connectivity index (χ2n) is 9.03. The minimum Gasteiger partial charge on any atom is -0.467 e. The first-order chi connectivity index (χ1) is 16.0. The first-order valence-corrected chi connectivity index (χ1v) is 11.8. The summed E-state index contributed by atoms with van der Waals surface area (Å²) in [5, 5.41) is 6.49. The molecule has 2 aromatic rings. The van der Waals surface area contributed by atoms with E-state index in [4.69, 9.17) is 20.8 Å². The molecular formula is C25H25ClN2O5. The van der Waals surface area contributed by atoms with Crippen LogP contribution in [0.15, 0.2) is 52.2 Å². The number of hydrazone groups is 1. The normalized spacial score (nSPS) is 26.8. The number of fused-ring (bicyclic) bond motifs is 2. The SMILES string of the molecule is O=C(OCC(=O)N1N=C(c2ccc(Cl)cc2)C[C@@H]1c1ccco1)C1C[C@H]2CCC[C@@H](C1)C2=O. The molecule has 1 aliphatic heterocycles. The van der Waals surface area contributed by atoms with Gasteiger partial charge in [0.2, 0.25) is 0 Å². The number of hydrogen-bond donors (Lipinski definition) is 0. The summed E-state index contributed by atoms with van der Waals surface area (Å²) in [7, 11) is 0. The average Bonchev–Trinajstić information content (AvgIpc) is 3.47. The van der Waals surface area contributed by atoms with Gasteiger partial charge in [-0.1, -0.05) is 30.2 Å². The third-order valence-corrected chi connectivity index (χ3v) is 7.19. The van der Waals surface area contributed by atoms with E-state index in [1.807, 2.05) is 12.1 Å². The molecule has 2 bridgehead atoms. The zero-order valence-electron chi connectivity index (χ0n) is 18.1. The lowest BCUT2D eigenvalue weighted by atomic mass is 9.67. The fourth-order valence-corrected chi connectivity index (χ4v) is 5.37. The van der Waals surface area contributed by atoms with Crippen molar-refractivity contribution in [1.29, 1.82) is 0 Å². The van der Waals surface area contributed by atoms with Gasteiger partial charge in [0.25, 0.3) is 5.91 Å². The Morgan fingerprint density at radius 1 is 1.12 bits per heavy atom. The second-order valence-corrected chi connectivity index (χ2v) is 9.47. The largest absolute Gasteiger partial charge is 0.467 e. The number of nitrogens with zero attached hydrogens (tertiary/aromatic N) is 2. The van der Waals surface area contributed by atoms with Gasteiger partial charge in [-0.25, -0.2) is 5.01 Å². The molecule has 2 heterocycles. The van der Waals surface area contributed by atoms with Crippen LogP contribution in [0.3, 0.4) is 0 Å². The van der Waals surface area contributed by atoms with Gasteiger partial charge in [-0.05, 0) is 55.5 Å². The van der Waals surface area contributed by atoms with Gasteiger partial charge in [0.15, 0.2) is 6.61 Å². The summed E-state index contributed by atoms with van der Waals surface area (Å²) in [6.45, 7) is -0.396. The van der Waals surface area contributed by atoms with Gasteiger partial charge in [0.1, 0.15) is 17.6 Å². The van der Waals surface area contributed by atoms with E-state index in [-0.39, 0.29) is 17.8 Å². The van der Waals surface area contributed by atoms with Crippen LogP contribution in [-0.2, 0) is 19.1 Å². The fourth-order valence-electron chi connectivity index (χ4n) is 5.25. The third kappa shape index (κ3) is 4.47. The van der Waals surface area contributed by atoms with Crippen molar-refractivity contribution < 1.29 is 23.5 Å². The molecule has 0 spiro atoms. The molecule has 0 N–H and O–H groups in total. The maximum Gasteiger partial charge on any atom is 0.309 e. The lowest BCUT2D eigenvalue weighted by molar-refractivity contribution is -0.159. The first kappa shape index (κ1) is 21.9. The quantitative estimate of drug-likeness (QED) is 0.600. The van der Waals surface area contributed by atoms with Crippen LogP contribution in [0.2, 0.25) is 5.02 Å². The van der Waals surface area contributed by atoms with E-state index in [0.717, 1.165) is 30.5 Å². The number of esters is 1. The van der Waals surface area contributed by atoms with Crippen molar-refractivity contribution in [3.05, 3.63) is 59.0 Å². The zero-order chi connectivity index (χ0) is 22.9. The van der Waals surface area contributed by atoms with Crippen molar-refractivity contribution in [3.8, 4) is 0 Å². The highest BCUT2D eigenvalue weighted by atomic mass is 35.5. The minimum atomic E-state index is -0.416. The van der Waals surface area contributed by atoms with E-state index in [1.165, 1.54) is 5.01 Å². The van der Waals surface area contributed by atoms with E-state index < -0.39 is 24.5 Å². The third-order valence-electron chi connectivity index (χ3n) is 6.93. The molecular weight excluding hydrogens is 444 g/mol. The van der Waals surface area contributed by atoms with Crippen molar-refractivity contribution in [2.45, 2.75) is 44.6 Å². The summed E-state index contributed by atoms with van der Waals surface area (Å²) in [6, 6.07) is 10.4. The number of Topliss-reactive ketones (excluding diaryl/α,β-unsaturated/α-hetero) is 1. The van der Waals surface area contributed by atoms with E-state index in [9.17, 15) is 14.4 Å². The molecule has 2 aliphatic carbocycles. The number of ketones is 1. The van der Waals surface area contributed by atoms with Gasteiger partial charge in [-0.3, -0.25) is 14.4 Å². The Kier molecular flexibility index (Phi) is 6.06. The number of benzene rings is 1. The van der Waals surface area contributed by atoms with Crippen molar-refractivity contribution in [2.75, 3.05) is 6.61 Å². The van der Waals surface area contributed by atoms with Gasteiger partial charge in [0, 0.05) is 23.3 Å². The minimum absolute atomic E-state index is 0.0424. The molecule has 1 aromatic heterocycles. The second kappa shape index (κ2) is 9.14. The number of rotatable bonds is 5. The topological polar surface area (TPSA) is 89.2 Å². The maximum absolute atomic E-state index is 13.0. The van der Waals surface area contributed by atoms with Crippen molar-refractivity contribution in [2.24, 2.45) is 22.9 Å². The molecule has 33 heavy (non-hydrogen) atoms. The van der Waals surface area contributed by atoms with E-state index in [0.29, 0.717) is 35.8 Å². The van der Waals surface area contributed by atoms with Crippen LogP contribution in [0, 0.1) is 17.8 Å². The molecule has 7 nitrogen and oxygen atoms in total. The number of halogens is 1. The molecule has 4 atom stereocenters. The Morgan fingerprint density at radius 3 is 2.52 bits per heavy atom. The molecule has 5 rings (SSSR count). The highest BCUT2D eigenvalue weighted by Crippen LogP contribution is 2.40. The molecule has 1 aromatic carbocycles. The molecule has 1 unspecified atom stereocenters. The van der Waals surface area contributed by atoms with Gasteiger partial charge in [-0.15, -0.1) is 0 Å². The number of carbonyl (C=O) groups excluding carboxylic acids is 3. The van der Waals surface area contributed by atoms with Gasteiger partial charge >= 0.3 is 5.97 Å². The predicted molar refractivity (Wildman–Crippen MR) is 120 cm³/mol. The molecule has 8 heteroatoms. The van der Waals surface area contributed by atoms with Crippen LogP contribution >= 0.6 is 11.6 Å². The number of amides is 1. The number of carbonyl (C=O) groups is 3. The van der Waals surface area contributed by atoms with E-state index in [1.54, 1.807) is 30.5 Å². The Bertz CT molecular complexity index is 1060. The summed E-state index contributed by atoms with van der Waals surface area (Å²) in [4.78, 5) is 38.0. The maximum atomic E-state index is 13.0. The Hall–Kier alpha value is -2.93. The summed E-state index contributed by atoms with van der Waals surface area (Å²) in [5.74, 6) is -0.314. The Labute approximate surface area is 196 Å². The lowest BCUT2D eigenvalue weighted by Gasteiger charge is -2.36. The Balaban J connectivity index is 1.27. The lowest BCUT2D eigenvalue weighted by Crippen LogP contribution is -2.40. The van der Waals surface area contributed by atoms with Crippen molar-refractivity contribution >= 4 is 35.0 Å². The number of furan rings is 1. The van der Waals surface area contributed by atoms with Crippen molar-refractivity contribution in [3.63, 3.8) is 0 Å². The monoisotopic (exact) mass is 468 g/mol. The fraction of sp³-hybridized carbons (Fsp3) is 0.440. The number of ether oxygens (including phenoxy) is 1. The molecule has 2 saturated carbocycles. The highest BCUT2D eigenvalue weighted by molar-refractivity contribution is 6.30. The first-order valence-electron chi connectivity index (χ1n) is 11.4. The van der Waals surface area contributed by atoms with Crippen LogP contribution in [0.1, 0.15) is 55.9 Å². The van der Waals surface area contributed by atoms with Gasteiger partial charge in [0.05, 0.1) is 17.9 Å². The van der Waals surface area contributed by atoms with Gasteiger partial charge in [-0.2, -0.15) is 5.10 Å². The molecule has 0 radical (unpaired) electrons. The summed E-state index contributed by atoms with van der Waals surface area (Å²) in [5.41, 5.74) is 1.59. The molecule has 3 aliphatic rings. The van der Waals surface area contributed by atoms with Crippen LogP contribution < -0.4 is 0 Å². The van der Waals surface area contributed by atoms with E-state index >= 15 is 0 Å². The summed E-state index contributed by atoms with van der Waals surface area (Å²) in [6.07, 6.45) is 5.82. The zero-order valence-corrected chi connectivity index (χ0v) is 18.9. The highest BCUT2D eigenvalue weighted by Gasteiger charge is 2.42. The van der Waals surface area contributed by atoms with Gasteiger partial charge < -0.3 is 9.15 Å². The average molecular weight is 469 g/mol. The molecule has 172 valence electrons. The van der Waals surface area contributed by atoms with Crippen LogP contribution in [0.25, 0.3) is 0 Å².